The summed E-state index contributed by atoms with van der Waals surface area (Å²) in [5.74, 6) is -1.52. The van der Waals surface area contributed by atoms with Crippen molar-refractivity contribution in [3.63, 3.8) is 0 Å². The van der Waals surface area contributed by atoms with Gasteiger partial charge in [0.05, 0.1) is 6.26 Å². The van der Waals surface area contributed by atoms with Gasteiger partial charge in [-0.1, -0.05) is 23.2 Å². The van der Waals surface area contributed by atoms with Crippen molar-refractivity contribution < 1.29 is 17.6 Å². The summed E-state index contributed by atoms with van der Waals surface area (Å²) in [5.41, 5.74) is 0.649. The van der Waals surface area contributed by atoms with Crippen LogP contribution in [0.5, 0.6) is 0 Å². The first-order valence-corrected chi connectivity index (χ1v) is 12.1. The number of benzene rings is 2. The number of nitrogens with zero attached hydrogens (tertiary/aromatic N) is 1. The molecule has 0 unspecified atom stereocenters. The Bertz CT molecular complexity index is 1560. The maximum atomic E-state index is 14.0. The van der Waals surface area contributed by atoms with E-state index in [0.29, 0.717) is 21.5 Å². The average Bonchev–Trinajstić information content (AvgIpc) is 2.99. The van der Waals surface area contributed by atoms with E-state index in [1.807, 2.05) is 4.72 Å². The lowest BCUT2D eigenvalue weighted by Gasteiger charge is -2.13. The van der Waals surface area contributed by atoms with E-state index < -0.39 is 27.3 Å². The maximum Gasteiger partial charge on any atom is 0.282 e. The van der Waals surface area contributed by atoms with Crippen molar-refractivity contribution >= 4 is 50.0 Å². The Labute approximate surface area is 197 Å². The third kappa shape index (κ3) is 4.80. The summed E-state index contributed by atoms with van der Waals surface area (Å²) in [6.07, 6.45) is 2.28. The second kappa shape index (κ2) is 8.66. The van der Waals surface area contributed by atoms with E-state index in [9.17, 15) is 22.4 Å². The third-order valence-electron chi connectivity index (χ3n) is 4.87. The molecule has 2 aromatic carbocycles. The molecule has 170 valence electrons. The van der Waals surface area contributed by atoms with Gasteiger partial charge in [0.15, 0.2) is 0 Å². The number of aromatic nitrogens is 2. The van der Waals surface area contributed by atoms with Gasteiger partial charge in [-0.05, 0) is 54.1 Å². The summed E-state index contributed by atoms with van der Waals surface area (Å²) in [6.45, 7) is -0.0349. The van der Waals surface area contributed by atoms with Crippen LogP contribution in [0.2, 0.25) is 10.0 Å². The molecule has 0 saturated carbocycles. The molecule has 0 aliphatic rings. The Kier molecular flexibility index (Phi) is 6.04. The molecule has 7 nitrogen and oxygen atoms in total. The van der Waals surface area contributed by atoms with Crippen molar-refractivity contribution in [1.29, 1.82) is 0 Å². The molecule has 0 saturated heterocycles. The topological polar surface area (TPSA) is 101 Å². The zero-order valence-corrected chi connectivity index (χ0v) is 19.4. The highest BCUT2D eigenvalue weighted by atomic mass is 35.5. The summed E-state index contributed by atoms with van der Waals surface area (Å²) < 4.78 is 41.2. The zero-order chi connectivity index (χ0) is 23.9. The molecule has 2 N–H and O–H groups in total. The van der Waals surface area contributed by atoms with Crippen LogP contribution in [0.3, 0.4) is 0 Å². The molecule has 2 heterocycles. The number of nitrogens with one attached hydrogen (secondary N) is 2. The molecule has 0 atom stereocenters. The van der Waals surface area contributed by atoms with Gasteiger partial charge in [-0.2, -0.15) is 0 Å². The van der Waals surface area contributed by atoms with Gasteiger partial charge in [0, 0.05) is 44.8 Å². The van der Waals surface area contributed by atoms with E-state index in [2.05, 4.69) is 4.98 Å². The molecule has 4 rings (SSSR count). The van der Waals surface area contributed by atoms with Crippen molar-refractivity contribution in [2.45, 2.75) is 6.54 Å². The zero-order valence-electron chi connectivity index (χ0n) is 17.0. The third-order valence-corrected chi connectivity index (χ3v) is 5.88. The highest BCUT2D eigenvalue weighted by Gasteiger charge is 2.27. The summed E-state index contributed by atoms with van der Waals surface area (Å²) in [7, 11) is -3.94. The lowest BCUT2D eigenvalue weighted by molar-refractivity contribution is 0.0974. The summed E-state index contributed by atoms with van der Waals surface area (Å²) >= 11 is 12.2. The van der Waals surface area contributed by atoms with Gasteiger partial charge in [-0.25, -0.2) is 17.5 Å². The lowest BCUT2D eigenvalue weighted by atomic mass is 10.0. The lowest BCUT2D eigenvalue weighted by Crippen LogP contribution is -2.31. The largest absolute Gasteiger partial charge is 0.331 e. The van der Waals surface area contributed by atoms with Crippen LogP contribution >= 0.6 is 23.2 Å². The van der Waals surface area contributed by atoms with Crippen molar-refractivity contribution in [3.05, 3.63) is 92.2 Å². The van der Waals surface area contributed by atoms with Crippen LogP contribution in [-0.4, -0.2) is 30.1 Å². The number of aromatic amines is 1. The summed E-state index contributed by atoms with van der Waals surface area (Å²) in [6, 6.07) is 11.8. The minimum Gasteiger partial charge on any atom is -0.331 e. The molecule has 0 radical (unpaired) electrons. The number of H-pyrrole nitrogens is 1. The normalized spacial score (nSPS) is 11.6. The number of pyridine rings is 1. The van der Waals surface area contributed by atoms with Crippen LogP contribution in [0.1, 0.15) is 16.1 Å². The fourth-order valence-corrected chi connectivity index (χ4v) is 4.57. The SMILES string of the molecule is CS(=O)(=O)NC(=O)c1c(-c2ccc[nH]c2=O)c2cc(Cl)ccc2n1Cc1cc(F)cc(Cl)c1. The Morgan fingerprint density at radius 3 is 2.55 bits per heavy atom. The number of fused-ring (bicyclic) bond motifs is 1. The number of hydrogen-bond acceptors (Lipinski definition) is 4. The highest BCUT2D eigenvalue weighted by molar-refractivity contribution is 7.89. The van der Waals surface area contributed by atoms with E-state index in [4.69, 9.17) is 23.2 Å². The van der Waals surface area contributed by atoms with Gasteiger partial charge < -0.3 is 9.55 Å². The van der Waals surface area contributed by atoms with Crippen molar-refractivity contribution in [1.82, 2.24) is 14.3 Å². The number of amides is 1. The van der Waals surface area contributed by atoms with E-state index in [1.54, 1.807) is 24.3 Å². The summed E-state index contributed by atoms with van der Waals surface area (Å²) in [4.78, 5) is 28.4. The van der Waals surface area contributed by atoms with Gasteiger partial charge in [0.2, 0.25) is 10.0 Å². The number of carbonyl (C=O) groups excluding carboxylic acids is 1. The van der Waals surface area contributed by atoms with E-state index in [0.717, 1.165) is 12.3 Å². The average molecular weight is 508 g/mol. The summed E-state index contributed by atoms with van der Waals surface area (Å²) in [5, 5.41) is 0.948. The van der Waals surface area contributed by atoms with Crippen LogP contribution in [-0.2, 0) is 16.6 Å². The maximum absolute atomic E-state index is 14.0. The molecule has 4 aromatic rings. The fraction of sp³-hybridized carbons (Fsp3) is 0.0909. The van der Waals surface area contributed by atoms with Crippen LogP contribution < -0.4 is 10.3 Å². The van der Waals surface area contributed by atoms with E-state index in [1.165, 1.54) is 29.0 Å². The number of sulfonamides is 1. The Hall–Kier alpha value is -3.14. The monoisotopic (exact) mass is 507 g/mol. The molecular formula is C22H16Cl2FN3O4S. The van der Waals surface area contributed by atoms with Gasteiger partial charge in [0.25, 0.3) is 11.5 Å². The smallest absolute Gasteiger partial charge is 0.282 e. The molecule has 2 aromatic heterocycles. The van der Waals surface area contributed by atoms with Crippen LogP contribution in [0.25, 0.3) is 22.0 Å². The van der Waals surface area contributed by atoms with Crippen LogP contribution in [0.15, 0.2) is 59.5 Å². The number of carbonyl (C=O) groups is 1. The number of rotatable bonds is 5. The Morgan fingerprint density at radius 1 is 1.12 bits per heavy atom. The van der Waals surface area contributed by atoms with Gasteiger partial charge in [-0.3, -0.25) is 9.59 Å². The van der Waals surface area contributed by atoms with Crippen molar-refractivity contribution in [3.8, 4) is 11.1 Å². The van der Waals surface area contributed by atoms with E-state index in [-0.39, 0.29) is 28.4 Å². The van der Waals surface area contributed by atoms with Crippen LogP contribution in [0, 0.1) is 5.82 Å². The number of hydrogen-bond donors (Lipinski definition) is 2. The standard InChI is InChI=1S/C22H16Cl2FN3O4S/c1-33(31,32)27-22(30)20-19(16-3-2-6-26-21(16)29)17-10-13(23)4-5-18(17)28(20)11-12-7-14(24)9-15(25)8-12/h2-10H,11H2,1H3,(H,26,29)(H,27,30). The Morgan fingerprint density at radius 2 is 1.88 bits per heavy atom. The van der Waals surface area contributed by atoms with Crippen molar-refractivity contribution in [2.24, 2.45) is 0 Å². The first kappa shape index (κ1) is 23.0. The predicted octanol–water partition coefficient (Wildman–Crippen LogP) is 4.18. The molecule has 0 aliphatic carbocycles. The second-order valence-corrected chi connectivity index (χ2v) is 9.99. The quantitative estimate of drug-likeness (QED) is 0.423. The first-order valence-electron chi connectivity index (χ1n) is 9.50. The van der Waals surface area contributed by atoms with Gasteiger partial charge >= 0.3 is 0 Å². The van der Waals surface area contributed by atoms with E-state index >= 15 is 0 Å². The Balaban J connectivity index is 2.09. The van der Waals surface area contributed by atoms with Gasteiger partial charge in [0.1, 0.15) is 11.5 Å². The second-order valence-electron chi connectivity index (χ2n) is 7.37. The fourth-order valence-electron chi connectivity index (χ4n) is 3.72. The molecule has 11 heteroatoms. The van der Waals surface area contributed by atoms with Crippen molar-refractivity contribution in [2.75, 3.05) is 6.26 Å². The highest BCUT2D eigenvalue weighted by Crippen LogP contribution is 2.36. The van der Waals surface area contributed by atoms with Gasteiger partial charge in [-0.15, -0.1) is 0 Å². The molecule has 0 aliphatic heterocycles. The van der Waals surface area contributed by atoms with Crippen LogP contribution in [0.4, 0.5) is 4.39 Å². The predicted molar refractivity (Wildman–Crippen MR) is 126 cm³/mol. The minimum absolute atomic E-state index is 0.0349. The first-order chi connectivity index (χ1) is 15.5. The molecule has 0 bridgehead atoms. The molecule has 1 amide bonds. The molecular weight excluding hydrogens is 492 g/mol. The molecule has 0 fully saturated rings. The minimum atomic E-state index is -3.94. The molecule has 33 heavy (non-hydrogen) atoms. The number of halogens is 3. The molecule has 0 spiro atoms.